The normalized spacial score (nSPS) is 18.8. The predicted molar refractivity (Wildman–Crippen MR) is 67.4 cm³/mol. The van der Waals surface area contributed by atoms with Gasteiger partial charge in [0.05, 0.1) is 12.3 Å². The standard InChI is InChI=1S/C12H23N3O2/c1-3-4-10(2)13-12(16)9-15-7-5-11(14-17)6-8-15/h10,17H,3-9H2,1-2H3,(H,13,16). The minimum absolute atomic E-state index is 0.0929. The molecule has 5 heteroatoms. The van der Waals surface area contributed by atoms with Crippen molar-refractivity contribution in [3.8, 4) is 0 Å². The first-order valence-electron chi connectivity index (χ1n) is 6.37. The van der Waals surface area contributed by atoms with Crippen molar-refractivity contribution in [2.45, 2.75) is 45.6 Å². The Morgan fingerprint density at radius 3 is 2.71 bits per heavy atom. The highest BCUT2D eigenvalue weighted by atomic mass is 16.4. The van der Waals surface area contributed by atoms with E-state index in [1.54, 1.807) is 0 Å². The molecule has 1 saturated heterocycles. The lowest BCUT2D eigenvalue weighted by Crippen LogP contribution is -2.44. The van der Waals surface area contributed by atoms with Crippen LogP contribution in [-0.4, -0.2) is 47.4 Å². The first kappa shape index (κ1) is 14.0. The molecule has 1 fully saturated rings. The van der Waals surface area contributed by atoms with Gasteiger partial charge in [-0.3, -0.25) is 9.69 Å². The highest BCUT2D eigenvalue weighted by Gasteiger charge is 2.18. The lowest BCUT2D eigenvalue weighted by Gasteiger charge is -2.26. The largest absolute Gasteiger partial charge is 0.411 e. The molecule has 0 bridgehead atoms. The average Bonchev–Trinajstić information content (AvgIpc) is 2.30. The molecule has 0 spiro atoms. The van der Waals surface area contributed by atoms with Crippen LogP contribution in [0, 0.1) is 0 Å². The van der Waals surface area contributed by atoms with Crippen LogP contribution < -0.4 is 5.32 Å². The van der Waals surface area contributed by atoms with Gasteiger partial charge in [0, 0.05) is 32.0 Å². The van der Waals surface area contributed by atoms with E-state index in [0.717, 1.165) is 44.5 Å². The zero-order valence-corrected chi connectivity index (χ0v) is 10.8. The molecular formula is C12H23N3O2. The molecule has 98 valence electrons. The van der Waals surface area contributed by atoms with E-state index >= 15 is 0 Å². The molecule has 1 unspecified atom stereocenters. The number of oxime groups is 1. The van der Waals surface area contributed by atoms with Gasteiger partial charge in [-0.05, 0) is 13.3 Å². The second-order valence-corrected chi connectivity index (χ2v) is 4.70. The third-order valence-corrected chi connectivity index (χ3v) is 3.07. The number of nitrogens with one attached hydrogen (secondary N) is 1. The SMILES string of the molecule is CCCC(C)NC(=O)CN1CCC(=NO)CC1. The minimum Gasteiger partial charge on any atom is -0.411 e. The first-order chi connectivity index (χ1) is 8.15. The van der Waals surface area contributed by atoms with Crippen LogP contribution in [0.3, 0.4) is 0 Å². The monoisotopic (exact) mass is 241 g/mol. The molecule has 17 heavy (non-hydrogen) atoms. The molecule has 1 atom stereocenters. The Morgan fingerprint density at radius 2 is 2.18 bits per heavy atom. The summed E-state index contributed by atoms with van der Waals surface area (Å²) in [6, 6.07) is 0.256. The van der Waals surface area contributed by atoms with Gasteiger partial charge in [-0.1, -0.05) is 18.5 Å². The van der Waals surface area contributed by atoms with Crippen molar-refractivity contribution in [3.05, 3.63) is 0 Å². The molecule has 0 aromatic heterocycles. The number of nitrogens with zero attached hydrogens (tertiary/aromatic N) is 2. The number of hydrogen-bond acceptors (Lipinski definition) is 4. The van der Waals surface area contributed by atoms with Gasteiger partial charge in [0.1, 0.15) is 0 Å². The third kappa shape index (κ3) is 5.17. The Bertz CT molecular complexity index is 269. The van der Waals surface area contributed by atoms with E-state index in [1.165, 1.54) is 0 Å². The smallest absolute Gasteiger partial charge is 0.234 e. The fourth-order valence-electron chi connectivity index (χ4n) is 2.10. The van der Waals surface area contributed by atoms with Crippen LogP contribution in [0.2, 0.25) is 0 Å². The van der Waals surface area contributed by atoms with Crippen molar-refractivity contribution in [3.63, 3.8) is 0 Å². The van der Waals surface area contributed by atoms with E-state index in [4.69, 9.17) is 5.21 Å². The van der Waals surface area contributed by atoms with Crippen molar-refractivity contribution in [1.82, 2.24) is 10.2 Å². The maximum atomic E-state index is 11.7. The average molecular weight is 241 g/mol. The van der Waals surface area contributed by atoms with Crippen LogP contribution in [0.1, 0.15) is 39.5 Å². The molecule has 0 aromatic rings. The molecule has 1 amide bonds. The summed E-state index contributed by atoms with van der Waals surface area (Å²) in [5.41, 5.74) is 0.834. The molecule has 1 aliphatic rings. The van der Waals surface area contributed by atoms with Crippen LogP contribution in [0.15, 0.2) is 5.16 Å². The summed E-state index contributed by atoms with van der Waals surface area (Å²) in [5, 5.41) is 14.8. The van der Waals surface area contributed by atoms with Crippen LogP contribution >= 0.6 is 0 Å². The molecule has 1 rings (SSSR count). The Hall–Kier alpha value is -1.10. The summed E-state index contributed by atoms with van der Waals surface area (Å²) < 4.78 is 0. The van der Waals surface area contributed by atoms with Gasteiger partial charge in [-0.2, -0.15) is 0 Å². The molecule has 0 aromatic carbocycles. The maximum Gasteiger partial charge on any atom is 0.234 e. The fourth-order valence-corrected chi connectivity index (χ4v) is 2.10. The van der Waals surface area contributed by atoms with Crippen LogP contribution in [-0.2, 0) is 4.79 Å². The number of amides is 1. The van der Waals surface area contributed by atoms with E-state index in [0.29, 0.717) is 6.54 Å². The molecule has 0 aliphatic carbocycles. The Balaban J connectivity index is 2.23. The number of carbonyl (C=O) groups excluding carboxylic acids is 1. The van der Waals surface area contributed by atoms with E-state index in [1.807, 2.05) is 6.92 Å². The van der Waals surface area contributed by atoms with Crippen molar-refractivity contribution < 1.29 is 10.0 Å². The van der Waals surface area contributed by atoms with E-state index in [9.17, 15) is 4.79 Å². The summed E-state index contributed by atoms with van der Waals surface area (Å²) >= 11 is 0. The highest BCUT2D eigenvalue weighted by molar-refractivity contribution is 5.85. The number of piperidine rings is 1. The molecule has 2 N–H and O–H groups in total. The lowest BCUT2D eigenvalue weighted by molar-refractivity contribution is -0.122. The van der Waals surface area contributed by atoms with E-state index in [-0.39, 0.29) is 11.9 Å². The van der Waals surface area contributed by atoms with Crippen molar-refractivity contribution in [2.24, 2.45) is 5.16 Å². The quantitative estimate of drug-likeness (QED) is 0.562. The third-order valence-electron chi connectivity index (χ3n) is 3.07. The summed E-state index contributed by atoms with van der Waals surface area (Å²) in [6.45, 7) is 6.20. The second kappa shape index (κ2) is 7.27. The van der Waals surface area contributed by atoms with E-state index in [2.05, 4.69) is 22.3 Å². The lowest BCUT2D eigenvalue weighted by atomic mass is 10.1. The maximum absolute atomic E-state index is 11.7. The van der Waals surface area contributed by atoms with Crippen LogP contribution in [0.4, 0.5) is 0 Å². The minimum atomic E-state index is 0.0929. The molecule has 0 saturated carbocycles. The van der Waals surface area contributed by atoms with Gasteiger partial charge >= 0.3 is 0 Å². The number of carbonyl (C=O) groups is 1. The highest BCUT2D eigenvalue weighted by Crippen LogP contribution is 2.06. The zero-order valence-electron chi connectivity index (χ0n) is 10.8. The summed E-state index contributed by atoms with van der Waals surface area (Å²) in [4.78, 5) is 13.8. The van der Waals surface area contributed by atoms with Gasteiger partial charge in [0.25, 0.3) is 0 Å². The topological polar surface area (TPSA) is 64.9 Å². The second-order valence-electron chi connectivity index (χ2n) is 4.70. The molecular weight excluding hydrogens is 218 g/mol. The number of hydrogen-bond donors (Lipinski definition) is 2. The zero-order chi connectivity index (χ0) is 12.7. The van der Waals surface area contributed by atoms with Gasteiger partial charge in [-0.15, -0.1) is 0 Å². The van der Waals surface area contributed by atoms with Gasteiger partial charge in [0.2, 0.25) is 5.91 Å². The molecule has 1 heterocycles. The van der Waals surface area contributed by atoms with Crippen molar-refractivity contribution in [2.75, 3.05) is 19.6 Å². The van der Waals surface area contributed by atoms with Crippen LogP contribution in [0.5, 0.6) is 0 Å². The molecule has 5 nitrogen and oxygen atoms in total. The van der Waals surface area contributed by atoms with E-state index < -0.39 is 0 Å². The van der Waals surface area contributed by atoms with Crippen LogP contribution in [0.25, 0.3) is 0 Å². The summed E-state index contributed by atoms with van der Waals surface area (Å²) in [5.74, 6) is 0.0929. The Labute approximate surface area is 103 Å². The summed E-state index contributed by atoms with van der Waals surface area (Å²) in [6.07, 6.45) is 3.62. The van der Waals surface area contributed by atoms with Gasteiger partial charge < -0.3 is 10.5 Å². The van der Waals surface area contributed by atoms with Gasteiger partial charge in [-0.25, -0.2) is 0 Å². The first-order valence-corrected chi connectivity index (χ1v) is 6.37. The predicted octanol–water partition coefficient (Wildman–Crippen LogP) is 1.22. The Kier molecular flexibility index (Phi) is 5.97. The molecule has 1 aliphatic heterocycles. The number of likely N-dealkylation sites (tertiary alicyclic amines) is 1. The Morgan fingerprint density at radius 1 is 1.53 bits per heavy atom. The van der Waals surface area contributed by atoms with Gasteiger partial charge in [0.15, 0.2) is 0 Å². The summed E-state index contributed by atoms with van der Waals surface area (Å²) in [7, 11) is 0. The fraction of sp³-hybridized carbons (Fsp3) is 0.833. The molecule has 0 radical (unpaired) electrons. The number of rotatable bonds is 5. The van der Waals surface area contributed by atoms with Crippen molar-refractivity contribution >= 4 is 11.6 Å². The van der Waals surface area contributed by atoms with Crippen molar-refractivity contribution in [1.29, 1.82) is 0 Å².